The van der Waals surface area contributed by atoms with Crippen LogP contribution in [-0.4, -0.2) is 28.1 Å². The first-order valence-corrected chi connectivity index (χ1v) is 6.88. The van der Waals surface area contributed by atoms with E-state index in [1.54, 1.807) is 4.90 Å². The van der Waals surface area contributed by atoms with E-state index in [-0.39, 0.29) is 18.0 Å². The highest BCUT2D eigenvalue weighted by molar-refractivity contribution is 5.95. The van der Waals surface area contributed by atoms with Crippen molar-refractivity contribution in [3.05, 3.63) is 64.1 Å². The van der Waals surface area contributed by atoms with E-state index in [2.05, 4.69) is 0 Å². The third-order valence-corrected chi connectivity index (χ3v) is 3.72. The van der Waals surface area contributed by atoms with Crippen LogP contribution in [0.4, 0.5) is 5.69 Å². The lowest BCUT2D eigenvalue weighted by molar-refractivity contribution is -0.119. The molecule has 0 saturated carbocycles. The molecule has 3 rings (SSSR count). The number of pyridine rings is 1. The second-order valence-electron chi connectivity index (χ2n) is 5.11. The number of hydrogen-bond acceptors (Lipinski definition) is 3. The number of aromatic carboxylic acids is 1. The number of carboxylic acid groups (broad SMARTS) is 1. The number of carboxylic acids is 1. The van der Waals surface area contributed by atoms with E-state index in [4.69, 9.17) is 5.11 Å². The molecule has 2 aromatic rings. The quantitative estimate of drug-likeness (QED) is 0.921. The topological polar surface area (TPSA) is 79.6 Å². The lowest BCUT2D eigenvalue weighted by Gasteiger charge is -2.18. The Hall–Kier alpha value is -2.89. The number of anilines is 1. The zero-order valence-corrected chi connectivity index (χ0v) is 11.7. The Morgan fingerprint density at radius 1 is 1.14 bits per heavy atom. The third-order valence-electron chi connectivity index (χ3n) is 3.72. The van der Waals surface area contributed by atoms with E-state index in [0.717, 1.165) is 28.3 Å². The minimum absolute atomic E-state index is 0.0192. The first-order chi connectivity index (χ1) is 10.6. The highest BCUT2D eigenvalue weighted by Crippen LogP contribution is 2.27. The van der Waals surface area contributed by atoms with E-state index < -0.39 is 11.5 Å². The zero-order chi connectivity index (χ0) is 15.7. The molecule has 0 aliphatic carbocycles. The van der Waals surface area contributed by atoms with E-state index in [9.17, 15) is 14.4 Å². The molecule has 0 bridgehead atoms. The Morgan fingerprint density at radius 2 is 1.91 bits per heavy atom. The Balaban J connectivity index is 1.85. The molecular weight excluding hydrogens is 284 g/mol. The maximum Gasteiger partial charge on any atom is 0.337 e. The molecule has 1 N–H and O–H groups in total. The largest absolute Gasteiger partial charge is 0.478 e. The summed E-state index contributed by atoms with van der Waals surface area (Å²) in [7, 11) is 0. The van der Waals surface area contributed by atoms with E-state index in [1.807, 2.05) is 24.3 Å². The zero-order valence-electron chi connectivity index (χ0n) is 11.7. The fourth-order valence-electron chi connectivity index (χ4n) is 2.61. The smallest absolute Gasteiger partial charge is 0.337 e. The summed E-state index contributed by atoms with van der Waals surface area (Å²) in [6, 6.07) is 10.0. The van der Waals surface area contributed by atoms with Crippen LogP contribution >= 0.6 is 0 Å². The van der Waals surface area contributed by atoms with Crippen LogP contribution in [0.25, 0.3) is 0 Å². The molecule has 1 aliphatic rings. The monoisotopic (exact) mass is 298 g/mol. The predicted octanol–water partition coefficient (Wildman–Crippen LogP) is 1.14. The van der Waals surface area contributed by atoms with Crippen LogP contribution in [0, 0.1) is 0 Å². The number of fused-ring (bicyclic) bond motifs is 1. The molecule has 112 valence electrons. The summed E-state index contributed by atoms with van der Waals surface area (Å²) in [6.07, 6.45) is 1.98. The maximum absolute atomic E-state index is 12.4. The first-order valence-electron chi connectivity index (χ1n) is 6.88. The number of carbonyl (C=O) groups is 2. The van der Waals surface area contributed by atoms with Gasteiger partial charge in [-0.15, -0.1) is 0 Å². The lowest BCUT2D eigenvalue weighted by atomic mass is 10.2. The fourth-order valence-corrected chi connectivity index (χ4v) is 2.61. The summed E-state index contributed by atoms with van der Waals surface area (Å²) < 4.78 is 1.13. The van der Waals surface area contributed by atoms with Gasteiger partial charge in [-0.1, -0.05) is 18.2 Å². The maximum atomic E-state index is 12.4. The van der Waals surface area contributed by atoms with Gasteiger partial charge in [0.05, 0.1) is 5.56 Å². The number of carbonyl (C=O) groups excluding carboxylic acids is 1. The molecule has 6 heteroatoms. The number of para-hydroxylation sites is 1. The Bertz CT molecular complexity index is 810. The lowest BCUT2D eigenvalue weighted by Crippen LogP contribution is -2.35. The van der Waals surface area contributed by atoms with Crippen molar-refractivity contribution in [3.63, 3.8) is 0 Å². The molecule has 0 saturated heterocycles. The number of nitrogens with zero attached hydrogens (tertiary/aromatic N) is 2. The first kappa shape index (κ1) is 14.1. The van der Waals surface area contributed by atoms with Crippen molar-refractivity contribution in [2.24, 2.45) is 0 Å². The standard InChI is InChI=1S/C16H14N2O4/c19-14-6-5-12(16(21)22)9-17(14)10-15(20)18-8-7-11-3-1-2-4-13(11)18/h1-6,9H,7-8,10H2,(H,21,22). The molecule has 0 spiro atoms. The van der Waals surface area contributed by atoms with Gasteiger partial charge in [0, 0.05) is 24.5 Å². The minimum Gasteiger partial charge on any atom is -0.478 e. The normalized spacial score (nSPS) is 13.0. The van der Waals surface area contributed by atoms with Crippen molar-refractivity contribution in [3.8, 4) is 0 Å². The summed E-state index contributed by atoms with van der Waals surface area (Å²) in [5.41, 5.74) is 1.54. The summed E-state index contributed by atoms with van der Waals surface area (Å²) in [4.78, 5) is 36.8. The van der Waals surface area contributed by atoms with Crippen LogP contribution < -0.4 is 10.5 Å². The van der Waals surface area contributed by atoms with Crippen LogP contribution in [0.5, 0.6) is 0 Å². The molecule has 22 heavy (non-hydrogen) atoms. The Kier molecular flexibility index (Phi) is 3.50. The second kappa shape index (κ2) is 5.48. The fraction of sp³-hybridized carbons (Fsp3) is 0.188. The number of aromatic nitrogens is 1. The molecular formula is C16H14N2O4. The van der Waals surface area contributed by atoms with Gasteiger partial charge in [-0.3, -0.25) is 9.59 Å². The Morgan fingerprint density at radius 3 is 2.68 bits per heavy atom. The van der Waals surface area contributed by atoms with Crippen molar-refractivity contribution in [2.45, 2.75) is 13.0 Å². The highest BCUT2D eigenvalue weighted by Gasteiger charge is 2.24. The van der Waals surface area contributed by atoms with Crippen molar-refractivity contribution in [1.82, 2.24) is 4.57 Å². The SMILES string of the molecule is O=C(O)c1ccc(=O)n(CC(=O)N2CCc3ccccc32)c1. The van der Waals surface area contributed by atoms with Gasteiger partial charge in [0.1, 0.15) is 6.54 Å². The number of hydrogen-bond donors (Lipinski definition) is 1. The molecule has 0 unspecified atom stereocenters. The molecule has 0 radical (unpaired) electrons. The van der Waals surface area contributed by atoms with Crippen LogP contribution in [0.2, 0.25) is 0 Å². The summed E-state index contributed by atoms with van der Waals surface area (Å²) in [5.74, 6) is -1.36. The molecule has 1 aromatic carbocycles. The van der Waals surface area contributed by atoms with Gasteiger partial charge in [-0.2, -0.15) is 0 Å². The predicted molar refractivity (Wildman–Crippen MR) is 80.2 cm³/mol. The molecule has 1 aliphatic heterocycles. The van der Waals surface area contributed by atoms with Crippen LogP contribution in [0.15, 0.2) is 47.4 Å². The van der Waals surface area contributed by atoms with E-state index >= 15 is 0 Å². The number of amides is 1. The molecule has 0 atom stereocenters. The van der Waals surface area contributed by atoms with Crippen molar-refractivity contribution in [1.29, 1.82) is 0 Å². The number of benzene rings is 1. The van der Waals surface area contributed by atoms with Gasteiger partial charge in [0.2, 0.25) is 5.91 Å². The van der Waals surface area contributed by atoms with E-state index in [0.29, 0.717) is 6.54 Å². The van der Waals surface area contributed by atoms with Crippen molar-refractivity contribution in [2.75, 3.05) is 11.4 Å². The average Bonchev–Trinajstić information content (AvgIpc) is 2.93. The Labute approximate surface area is 126 Å². The molecule has 1 amide bonds. The third kappa shape index (κ3) is 2.50. The van der Waals surface area contributed by atoms with Gasteiger partial charge in [-0.25, -0.2) is 4.79 Å². The van der Waals surface area contributed by atoms with Gasteiger partial charge in [-0.05, 0) is 24.1 Å². The highest BCUT2D eigenvalue weighted by atomic mass is 16.4. The van der Waals surface area contributed by atoms with Gasteiger partial charge in [0.25, 0.3) is 5.56 Å². The molecule has 0 fully saturated rings. The molecule has 2 heterocycles. The summed E-state index contributed by atoms with van der Waals surface area (Å²) >= 11 is 0. The number of rotatable bonds is 3. The van der Waals surface area contributed by atoms with Gasteiger partial charge >= 0.3 is 5.97 Å². The molecule has 1 aromatic heterocycles. The second-order valence-corrected chi connectivity index (χ2v) is 5.11. The van der Waals surface area contributed by atoms with Crippen LogP contribution in [-0.2, 0) is 17.8 Å². The minimum atomic E-state index is -1.13. The van der Waals surface area contributed by atoms with Gasteiger partial charge < -0.3 is 14.6 Å². The molecule has 6 nitrogen and oxygen atoms in total. The van der Waals surface area contributed by atoms with Crippen molar-refractivity contribution >= 4 is 17.6 Å². The summed E-state index contributed by atoms with van der Waals surface area (Å²) in [5, 5.41) is 8.97. The van der Waals surface area contributed by atoms with Crippen LogP contribution in [0.3, 0.4) is 0 Å². The average molecular weight is 298 g/mol. The van der Waals surface area contributed by atoms with E-state index in [1.165, 1.54) is 12.3 Å². The van der Waals surface area contributed by atoms with Crippen molar-refractivity contribution < 1.29 is 14.7 Å². The van der Waals surface area contributed by atoms with Gasteiger partial charge in [0.15, 0.2) is 0 Å². The van der Waals surface area contributed by atoms with Crippen LogP contribution in [0.1, 0.15) is 15.9 Å². The summed E-state index contributed by atoms with van der Waals surface area (Å²) in [6.45, 7) is 0.403.